The lowest BCUT2D eigenvalue weighted by Crippen LogP contribution is -2.46. The molecule has 0 aromatic heterocycles. The fourth-order valence-electron chi connectivity index (χ4n) is 3.53. The lowest BCUT2D eigenvalue weighted by Gasteiger charge is -2.28. The lowest BCUT2D eigenvalue weighted by atomic mass is 9.97. The first-order chi connectivity index (χ1) is 14.4. The van der Waals surface area contributed by atoms with Crippen molar-refractivity contribution in [2.24, 2.45) is 5.92 Å². The average molecular weight is 438 g/mol. The first kappa shape index (κ1) is 24.2. The van der Waals surface area contributed by atoms with Crippen LogP contribution >= 0.6 is 11.6 Å². The van der Waals surface area contributed by atoms with E-state index in [-0.39, 0.29) is 43.4 Å². The number of rotatable bonds is 11. The normalized spacial score (nSPS) is 14.9. The Kier molecular flexibility index (Phi) is 9.59. The van der Waals surface area contributed by atoms with Gasteiger partial charge in [0.25, 0.3) is 0 Å². The topological polar surface area (TPSA) is 70.2 Å². The van der Waals surface area contributed by atoms with Crippen LogP contribution in [0.25, 0.3) is 0 Å². The molecule has 30 heavy (non-hydrogen) atoms. The summed E-state index contributed by atoms with van der Waals surface area (Å²) < 4.78 is 5.13. The molecule has 0 spiro atoms. The second kappa shape index (κ2) is 11.9. The van der Waals surface area contributed by atoms with Gasteiger partial charge < -0.3 is 14.5 Å². The van der Waals surface area contributed by atoms with Crippen LogP contribution in [0.15, 0.2) is 24.3 Å². The van der Waals surface area contributed by atoms with Gasteiger partial charge >= 0.3 is 0 Å². The number of unbranched alkanes of at least 4 members (excludes halogenated alkanes) is 1. The molecule has 3 amide bonds. The summed E-state index contributed by atoms with van der Waals surface area (Å²) in [6.45, 7) is 4.89. The minimum atomic E-state index is -0.248. The number of hydrogen-bond acceptors (Lipinski definition) is 4. The summed E-state index contributed by atoms with van der Waals surface area (Å²) in [6.07, 6.45) is 3.55. The van der Waals surface area contributed by atoms with Gasteiger partial charge in [-0.1, -0.05) is 44.4 Å². The van der Waals surface area contributed by atoms with E-state index >= 15 is 0 Å². The number of methoxy groups -OCH3 is 1. The zero-order valence-corrected chi connectivity index (χ0v) is 18.9. The molecule has 1 saturated heterocycles. The van der Waals surface area contributed by atoms with Gasteiger partial charge in [-0.2, -0.15) is 0 Å². The van der Waals surface area contributed by atoms with Gasteiger partial charge in [0.15, 0.2) is 0 Å². The monoisotopic (exact) mass is 437 g/mol. The van der Waals surface area contributed by atoms with Crippen LogP contribution in [0.5, 0.6) is 0 Å². The Bertz CT molecular complexity index is 743. The molecule has 0 radical (unpaired) electrons. The van der Waals surface area contributed by atoms with E-state index in [1.807, 2.05) is 6.92 Å². The van der Waals surface area contributed by atoms with E-state index < -0.39 is 0 Å². The fraction of sp³-hybridized carbons (Fsp3) is 0.591. The third kappa shape index (κ3) is 6.44. The minimum Gasteiger partial charge on any atom is -0.383 e. The molecule has 1 atom stereocenters. The molecule has 0 saturated carbocycles. The highest BCUT2D eigenvalue weighted by Crippen LogP contribution is 2.23. The molecule has 166 valence electrons. The van der Waals surface area contributed by atoms with Crippen LogP contribution in [0.1, 0.15) is 39.5 Å². The standard InChI is InChI=1S/C22H32ClN3O4/c1-4-6-8-17(5-2)22(29)24(11-12-30-3)14-20(27)25-15-21(28)26(16-25)19-10-7-9-18(23)13-19/h7,9-10,13,17H,4-6,8,11-12,14-16H2,1-3H3. The Morgan fingerprint density at radius 3 is 2.70 bits per heavy atom. The number of ether oxygens (including phenoxy) is 1. The molecule has 1 aliphatic rings. The van der Waals surface area contributed by atoms with E-state index in [0.717, 1.165) is 25.7 Å². The van der Waals surface area contributed by atoms with Gasteiger partial charge in [0.1, 0.15) is 13.2 Å². The second-order valence-electron chi connectivity index (χ2n) is 7.53. The summed E-state index contributed by atoms with van der Waals surface area (Å²) in [4.78, 5) is 43.0. The summed E-state index contributed by atoms with van der Waals surface area (Å²) in [5.74, 6) is -0.538. The van der Waals surface area contributed by atoms with Crippen molar-refractivity contribution in [1.29, 1.82) is 0 Å². The number of halogens is 1. The summed E-state index contributed by atoms with van der Waals surface area (Å²) in [5, 5.41) is 0.527. The Morgan fingerprint density at radius 2 is 2.07 bits per heavy atom. The summed E-state index contributed by atoms with van der Waals surface area (Å²) in [5.41, 5.74) is 0.653. The molecule has 1 heterocycles. The smallest absolute Gasteiger partial charge is 0.248 e. The third-order valence-corrected chi connectivity index (χ3v) is 5.60. The molecule has 0 bridgehead atoms. The third-order valence-electron chi connectivity index (χ3n) is 5.36. The molecule has 2 rings (SSSR count). The number of amides is 3. The number of nitrogens with zero attached hydrogens (tertiary/aromatic N) is 3. The maximum Gasteiger partial charge on any atom is 0.248 e. The molecule has 8 heteroatoms. The van der Waals surface area contributed by atoms with Crippen LogP contribution in [-0.2, 0) is 19.1 Å². The van der Waals surface area contributed by atoms with E-state index in [4.69, 9.17) is 16.3 Å². The Labute approximate surface area is 183 Å². The molecule has 1 aromatic carbocycles. The quantitative estimate of drug-likeness (QED) is 0.533. The van der Waals surface area contributed by atoms with Crippen molar-refractivity contribution in [2.45, 2.75) is 39.5 Å². The van der Waals surface area contributed by atoms with E-state index in [1.54, 1.807) is 36.3 Å². The Hall–Kier alpha value is -2.12. The molecule has 1 aromatic rings. The van der Waals surface area contributed by atoms with Crippen molar-refractivity contribution in [1.82, 2.24) is 9.80 Å². The van der Waals surface area contributed by atoms with Crippen LogP contribution in [0.3, 0.4) is 0 Å². The van der Waals surface area contributed by atoms with Crippen molar-refractivity contribution in [3.05, 3.63) is 29.3 Å². The number of hydrogen-bond donors (Lipinski definition) is 0. The molecular weight excluding hydrogens is 406 g/mol. The molecule has 0 aliphatic carbocycles. The van der Waals surface area contributed by atoms with Gasteiger partial charge in [0.05, 0.1) is 13.2 Å². The predicted molar refractivity (Wildman–Crippen MR) is 117 cm³/mol. The number of carbonyl (C=O) groups is 3. The zero-order valence-electron chi connectivity index (χ0n) is 18.1. The number of benzene rings is 1. The van der Waals surface area contributed by atoms with Crippen molar-refractivity contribution in [2.75, 3.05) is 44.9 Å². The van der Waals surface area contributed by atoms with E-state index in [1.165, 1.54) is 9.80 Å². The van der Waals surface area contributed by atoms with Gasteiger partial charge in [-0.15, -0.1) is 0 Å². The van der Waals surface area contributed by atoms with Gasteiger partial charge in [-0.25, -0.2) is 0 Å². The van der Waals surface area contributed by atoms with E-state index in [9.17, 15) is 14.4 Å². The van der Waals surface area contributed by atoms with Crippen LogP contribution in [0.2, 0.25) is 5.02 Å². The fourth-order valence-corrected chi connectivity index (χ4v) is 3.71. The molecule has 7 nitrogen and oxygen atoms in total. The molecular formula is C22H32ClN3O4. The van der Waals surface area contributed by atoms with Crippen molar-refractivity contribution >= 4 is 35.0 Å². The largest absolute Gasteiger partial charge is 0.383 e. The van der Waals surface area contributed by atoms with Crippen LogP contribution in [0, 0.1) is 5.92 Å². The first-order valence-corrected chi connectivity index (χ1v) is 10.9. The molecule has 0 N–H and O–H groups in total. The Morgan fingerprint density at radius 1 is 1.30 bits per heavy atom. The lowest BCUT2D eigenvalue weighted by molar-refractivity contribution is -0.143. The molecule has 1 fully saturated rings. The minimum absolute atomic E-state index is 0.00923. The van der Waals surface area contributed by atoms with Crippen molar-refractivity contribution in [3.63, 3.8) is 0 Å². The average Bonchev–Trinajstić information content (AvgIpc) is 3.13. The van der Waals surface area contributed by atoms with Crippen molar-refractivity contribution in [3.8, 4) is 0 Å². The summed E-state index contributed by atoms with van der Waals surface area (Å²) >= 11 is 6.03. The zero-order chi connectivity index (χ0) is 22.1. The first-order valence-electron chi connectivity index (χ1n) is 10.5. The molecule has 1 unspecified atom stereocenters. The highest BCUT2D eigenvalue weighted by atomic mass is 35.5. The Balaban J connectivity index is 2.06. The van der Waals surface area contributed by atoms with Crippen molar-refractivity contribution < 1.29 is 19.1 Å². The van der Waals surface area contributed by atoms with E-state index in [0.29, 0.717) is 23.9 Å². The number of anilines is 1. The van der Waals surface area contributed by atoms with Crippen LogP contribution in [0.4, 0.5) is 5.69 Å². The highest BCUT2D eigenvalue weighted by Gasteiger charge is 2.33. The maximum atomic E-state index is 13.0. The number of carbonyl (C=O) groups excluding carboxylic acids is 3. The second-order valence-corrected chi connectivity index (χ2v) is 7.97. The van der Waals surface area contributed by atoms with Gasteiger partial charge in [0, 0.05) is 30.3 Å². The SMILES string of the molecule is CCCCC(CC)C(=O)N(CCOC)CC(=O)N1CC(=O)N(c2cccc(Cl)c2)C1. The van der Waals surface area contributed by atoms with Crippen LogP contribution < -0.4 is 4.90 Å². The summed E-state index contributed by atoms with van der Waals surface area (Å²) in [7, 11) is 1.57. The molecule has 1 aliphatic heterocycles. The van der Waals surface area contributed by atoms with E-state index in [2.05, 4.69) is 6.92 Å². The van der Waals surface area contributed by atoms with Gasteiger partial charge in [-0.3, -0.25) is 19.3 Å². The van der Waals surface area contributed by atoms with Gasteiger partial charge in [0.2, 0.25) is 17.7 Å². The van der Waals surface area contributed by atoms with Crippen LogP contribution in [-0.4, -0.2) is 67.5 Å². The highest BCUT2D eigenvalue weighted by molar-refractivity contribution is 6.31. The van der Waals surface area contributed by atoms with Gasteiger partial charge in [-0.05, 0) is 31.0 Å². The summed E-state index contributed by atoms with van der Waals surface area (Å²) in [6, 6.07) is 6.98. The predicted octanol–water partition coefficient (Wildman–Crippen LogP) is 3.16. The maximum absolute atomic E-state index is 13.0.